The smallest absolute Gasteiger partial charge is 0.311 e. The maximum Gasteiger partial charge on any atom is 0.311 e. The summed E-state index contributed by atoms with van der Waals surface area (Å²) in [5.41, 5.74) is 3.69. The number of anilines is 2. The lowest BCUT2D eigenvalue weighted by atomic mass is 10.1. The summed E-state index contributed by atoms with van der Waals surface area (Å²) >= 11 is 0. The summed E-state index contributed by atoms with van der Waals surface area (Å²) in [6.45, 7) is 3.92. The van der Waals surface area contributed by atoms with Gasteiger partial charge in [-0.2, -0.15) is 0 Å². The molecule has 3 rings (SSSR count). The van der Waals surface area contributed by atoms with Crippen molar-refractivity contribution in [2.45, 2.75) is 26.7 Å². The lowest BCUT2D eigenvalue weighted by molar-refractivity contribution is -0.151. The molecule has 1 aliphatic rings. The molecule has 2 amide bonds. The van der Waals surface area contributed by atoms with Crippen molar-refractivity contribution in [1.29, 1.82) is 0 Å². The fourth-order valence-electron chi connectivity index (χ4n) is 3.12. The summed E-state index contributed by atoms with van der Waals surface area (Å²) in [6, 6.07) is 15.1. The molecule has 2 aromatic rings. The number of amides is 2. The van der Waals surface area contributed by atoms with Crippen LogP contribution in [-0.2, 0) is 25.5 Å². The van der Waals surface area contributed by atoms with Crippen LogP contribution >= 0.6 is 0 Å². The van der Waals surface area contributed by atoms with Crippen LogP contribution < -0.4 is 10.2 Å². The molecule has 2 aromatic carbocycles. The molecule has 1 aliphatic heterocycles. The Hall–Kier alpha value is -3.15. The minimum absolute atomic E-state index is 0.0912. The van der Waals surface area contributed by atoms with E-state index in [1.54, 1.807) is 17.0 Å². The first-order valence-electron chi connectivity index (χ1n) is 9.38. The van der Waals surface area contributed by atoms with Crippen molar-refractivity contribution in [3.05, 3.63) is 59.7 Å². The molecule has 0 aromatic heterocycles. The molecular formula is C22H24N2O4. The molecule has 1 heterocycles. The number of benzene rings is 2. The first-order valence-corrected chi connectivity index (χ1v) is 9.38. The molecule has 0 aliphatic carbocycles. The first kappa shape index (κ1) is 19.6. The molecule has 0 bridgehead atoms. The van der Waals surface area contributed by atoms with Crippen LogP contribution in [0.25, 0.3) is 0 Å². The number of esters is 1. The second-order valence-corrected chi connectivity index (χ2v) is 6.95. The minimum atomic E-state index is -0.564. The summed E-state index contributed by atoms with van der Waals surface area (Å²) in [4.78, 5) is 38.1. The molecule has 1 atom stereocenters. The number of carbonyl (C=O) groups excluding carboxylic acids is 3. The number of aryl methyl sites for hydroxylation is 2. The van der Waals surface area contributed by atoms with E-state index in [4.69, 9.17) is 4.74 Å². The van der Waals surface area contributed by atoms with Crippen LogP contribution in [0.1, 0.15) is 24.5 Å². The highest BCUT2D eigenvalue weighted by molar-refractivity contribution is 6.00. The SMILES string of the molecule is CCc1ccc(N2C[C@@H](C(=O)OCC(=O)Nc3ccc(C)cc3)CC2=O)cc1. The number of nitrogens with one attached hydrogen (secondary N) is 1. The molecule has 0 unspecified atom stereocenters. The molecule has 6 heteroatoms. The zero-order valence-corrected chi connectivity index (χ0v) is 16.1. The third kappa shape index (κ3) is 4.76. The average molecular weight is 380 g/mol. The second-order valence-electron chi connectivity index (χ2n) is 6.95. The summed E-state index contributed by atoms with van der Waals surface area (Å²) in [5.74, 6) is -1.62. The number of nitrogens with zero attached hydrogens (tertiary/aromatic N) is 1. The predicted octanol–water partition coefficient (Wildman–Crippen LogP) is 3.09. The van der Waals surface area contributed by atoms with Gasteiger partial charge in [-0.15, -0.1) is 0 Å². The quantitative estimate of drug-likeness (QED) is 0.782. The Morgan fingerprint density at radius 2 is 1.79 bits per heavy atom. The number of hydrogen-bond donors (Lipinski definition) is 1. The van der Waals surface area contributed by atoms with Gasteiger partial charge in [0, 0.05) is 24.3 Å². The van der Waals surface area contributed by atoms with Gasteiger partial charge in [-0.05, 0) is 43.2 Å². The normalized spacial score (nSPS) is 16.1. The standard InChI is InChI=1S/C22H24N2O4/c1-3-16-6-10-19(11-7-16)24-13-17(12-21(24)26)22(27)28-14-20(25)23-18-8-4-15(2)5-9-18/h4-11,17H,3,12-14H2,1-2H3,(H,23,25)/t17-/m0/s1. The van der Waals surface area contributed by atoms with E-state index in [2.05, 4.69) is 12.2 Å². The Bertz CT molecular complexity index is 859. The van der Waals surface area contributed by atoms with E-state index in [0.29, 0.717) is 5.69 Å². The van der Waals surface area contributed by atoms with E-state index in [0.717, 1.165) is 17.7 Å². The molecule has 1 N–H and O–H groups in total. The molecule has 6 nitrogen and oxygen atoms in total. The van der Waals surface area contributed by atoms with Crippen LogP contribution in [0.5, 0.6) is 0 Å². The highest BCUT2D eigenvalue weighted by atomic mass is 16.5. The predicted molar refractivity (Wildman–Crippen MR) is 107 cm³/mol. The Balaban J connectivity index is 1.51. The Labute approximate surface area is 164 Å². The van der Waals surface area contributed by atoms with Crippen molar-refractivity contribution in [1.82, 2.24) is 0 Å². The van der Waals surface area contributed by atoms with Gasteiger partial charge in [-0.1, -0.05) is 36.8 Å². The van der Waals surface area contributed by atoms with Gasteiger partial charge < -0.3 is 15.0 Å². The third-order valence-electron chi connectivity index (χ3n) is 4.80. The fourth-order valence-corrected chi connectivity index (χ4v) is 3.12. The van der Waals surface area contributed by atoms with Crippen molar-refractivity contribution in [2.24, 2.45) is 5.92 Å². The Kier molecular flexibility index (Phi) is 6.09. The summed E-state index contributed by atoms with van der Waals surface area (Å²) in [7, 11) is 0. The highest BCUT2D eigenvalue weighted by Gasteiger charge is 2.36. The van der Waals surface area contributed by atoms with E-state index in [9.17, 15) is 14.4 Å². The maximum atomic E-state index is 12.3. The van der Waals surface area contributed by atoms with Gasteiger partial charge in [0.1, 0.15) is 0 Å². The van der Waals surface area contributed by atoms with Crippen LogP contribution in [0.15, 0.2) is 48.5 Å². The van der Waals surface area contributed by atoms with Gasteiger partial charge in [0.2, 0.25) is 5.91 Å². The summed E-state index contributed by atoms with van der Waals surface area (Å²) in [6.07, 6.45) is 1.02. The van der Waals surface area contributed by atoms with Gasteiger partial charge in [0.05, 0.1) is 5.92 Å². The van der Waals surface area contributed by atoms with Crippen molar-refractivity contribution < 1.29 is 19.1 Å². The second kappa shape index (κ2) is 8.69. The molecule has 0 spiro atoms. The molecule has 1 fully saturated rings. The lowest BCUT2D eigenvalue weighted by Gasteiger charge is -2.17. The zero-order valence-electron chi connectivity index (χ0n) is 16.1. The van der Waals surface area contributed by atoms with Crippen LogP contribution in [0.3, 0.4) is 0 Å². The van der Waals surface area contributed by atoms with Crippen LogP contribution in [-0.4, -0.2) is 30.9 Å². The minimum Gasteiger partial charge on any atom is -0.455 e. The molecule has 0 saturated carbocycles. The average Bonchev–Trinajstić information content (AvgIpc) is 3.10. The monoisotopic (exact) mass is 380 g/mol. The van der Waals surface area contributed by atoms with Crippen LogP contribution in [0.2, 0.25) is 0 Å². The molecule has 1 saturated heterocycles. The Morgan fingerprint density at radius 3 is 2.43 bits per heavy atom. The molecule has 28 heavy (non-hydrogen) atoms. The van der Waals surface area contributed by atoms with E-state index in [1.807, 2.05) is 43.3 Å². The highest BCUT2D eigenvalue weighted by Crippen LogP contribution is 2.26. The van der Waals surface area contributed by atoms with Gasteiger partial charge in [-0.3, -0.25) is 14.4 Å². The topological polar surface area (TPSA) is 75.7 Å². The van der Waals surface area contributed by atoms with Gasteiger partial charge in [-0.25, -0.2) is 0 Å². The first-order chi connectivity index (χ1) is 13.5. The van der Waals surface area contributed by atoms with Gasteiger partial charge in [0.15, 0.2) is 6.61 Å². The molecular weight excluding hydrogens is 356 g/mol. The number of ether oxygens (including phenoxy) is 1. The summed E-state index contributed by atoms with van der Waals surface area (Å²) < 4.78 is 5.12. The van der Waals surface area contributed by atoms with E-state index < -0.39 is 17.8 Å². The van der Waals surface area contributed by atoms with Crippen molar-refractivity contribution >= 4 is 29.2 Å². The number of hydrogen-bond acceptors (Lipinski definition) is 4. The number of carbonyl (C=O) groups is 3. The molecule has 146 valence electrons. The molecule has 0 radical (unpaired) electrons. The van der Waals surface area contributed by atoms with Gasteiger partial charge >= 0.3 is 5.97 Å². The van der Waals surface area contributed by atoms with Crippen molar-refractivity contribution in [2.75, 3.05) is 23.4 Å². The Morgan fingerprint density at radius 1 is 1.11 bits per heavy atom. The van der Waals surface area contributed by atoms with E-state index in [1.165, 1.54) is 5.56 Å². The van der Waals surface area contributed by atoms with E-state index >= 15 is 0 Å². The van der Waals surface area contributed by atoms with Gasteiger partial charge in [0.25, 0.3) is 5.91 Å². The summed E-state index contributed by atoms with van der Waals surface area (Å²) in [5, 5.41) is 2.68. The maximum absolute atomic E-state index is 12.3. The largest absolute Gasteiger partial charge is 0.455 e. The van der Waals surface area contributed by atoms with Crippen molar-refractivity contribution in [3.8, 4) is 0 Å². The third-order valence-corrected chi connectivity index (χ3v) is 4.80. The van der Waals surface area contributed by atoms with E-state index in [-0.39, 0.29) is 25.5 Å². The lowest BCUT2D eigenvalue weighted by Crippen LogP contribution is -2.28. The van der Waals surface area contributed by atoms with Crippen molar-refractivity contribution in [3.63, 3.8) is 0 Å². The zero-order chi connectivity index (χ0) is 20.1. The fraction of sp³-hybridized carbons (Fsp3) is 0.318. The van der Waals surface area contributed by atoms with Crippen LogP contribution in [0, 0.1) is 12.8 Å². The number of rotatable bonds is 6. The van der Waals surface area contributed by atoms with Crippen LogP contribution in [0.4, 0.5) is 11.4 Å².